The molecular weight excluding hydrogens is 298 g/mol. The van der Waals surface area contributed by atoms with E-state index in [-0.39, 0.29) is 12.3 Å². The first-order valence-corrected chi connectivity index (χ1v) is 8.16. The zero-order valence-corrected chi connectivity index (χ0v) is 13.7. The number of hydrogen-bond acceptors (Lipinski definition) is 2. The Balaban J connectivity index is 1.62. The van der Waals surface area contributed by atoms with Crippen LogP contribution < -0.4 is 5.32 Å². The Morgan fingerprint density at radius 3 is 2.50 bits per heavy atom. The van der Waals surface area contributed by atoms with Gasteiger partial charge in [-0.3, -0.25) is 4.79 Å². The van der Waals surface area contributed by atoms with Crippen molar-refractivity contribution in [3.05, 3.63) is 77.9 Å². The quantitative estimate of drug-likeness (QED) is 0.722. The van der Waals surface area contributed by atoms with Crippen molar-refractivity contribution < 1.29 is 9.90 Å². The summed E-state index contributed by atoms with van der Waals surface area (Å²) in [5.74, 6) is -0.0856. The molecule has 1 amide bonds. The van der Waals surface area contributed by atoms with Gasteiger partial charge in [-0.1, -0.05) is 66.2 Å². The summed E-state index contributed by atoms with van der Waals surface area (Å²) in [6, 6.07) is 21.5. The fraction of sp³-hybridized carbons (Fsp3) is 0.190. The van der Waals surface area contributed by atoms with Crippen LogP contribution in [-0.2, 0) is 4.79 Å². The van der Waals surface area contributed by atoms with Crippen molar-refractivity contribution in [2.45, 2.75) is 25.9 Å². The van der Waals surface area contributed by atoms with Gasteiger partial charge in [0.15, 0.2) is 0 Å². The Hall–Kier alpha value is -2.65. The molecule has 0 aliphatic heterocycles. The van der Waals surface area contributed by atoms with Crippen LogP contribution in [0.4, 0.5) is 5.69 Å². The summed E-state index contributed by atoms with van der Waals surface area (Å²) in [5.41, 5.74) is 2.81. The van der Waals surface area contributed by atoms with Gasteiger partial charge in [-0.25, -0.2) is 0 Å². The third-order valence-electron chi connectivity index (χ3n) is 4.17. The maximum Gasteiger partial charge on any atom is 0.224 e. The number of benzene rings is 3. The maximum absolute atomic E-state index is 12.2. The monoisotopic (exact) mass is 319 g/mol. The second kappa shape index (κ2) is 7.28. The van der Waals surface area contributed by atoms with E-state index in [0.29, 0.717) is 6.42 Å². The Morgan fingerprint density at radius 1 is 1.00 bits per heavy atom. The van der Waals surface area contributed by atoms with Crippen LogP contribution in [0.5, 0.6) is 0 Å². The van der Waals surface area contributed by atoms with Gasteiger partial charge in [0.25, 0.3) is 0 Å². The first-order valence-electron chi connectivity index (χ1n) is 8.16. The number of nitrogens with one attached hydrogen (secondary N) is 1. The lowest BCUT2D eigenvalue weighted by molar-refractivity contribution is -0.116. The Kier molecular flexibility index (Phi) is 4.92. The molecule has 0 heterocycles. The summed E-state index contributed by atoms with van der Waals surface area (Å²) in [6.07, 6.45) is 0.0571. The first kappa shape index (κ1) is 16.2. The third-order valence-corrected chi connectivity index (χ3v) is 4.17. The standard InChI is InChI=1S/C21H21NO2/c1-15-9-11-17(12-10-15)20(23)13-14-21(24)22-19-8-4-6-16-5-2-3-7-18(16)19/h2-12,20,23H,13-14H2,1H3,(H,22,24). The number of anilines is 1. The van der Waals surface area contributed by atoms with Crippen molar-refractivity contribution in [2.75, 3.05) is 5.32 Å². The molecule has 0 saturated carbocycles. The van der Waals surface area contributed by atoms with Gasteiger partial charge in [0, 0.05) is 17.5 Å². The molecular formula is C21H21NO2. The number of hydrogen-bond donors (Lipinski definition) is 2. The molecule has 0 spiro atoms. The van der Waals surface area contributed by atoms with Gasteiger partial charge in [-0.15, -0.1) is 0 Å². The van der Waals surface area contributed by atoms with Gasteiger partial charge in [0.2, 0.25) is 5.91 Å². The topological polar surface area (TPSA) is 49.3 Å². The van der Waals surface area contributed by atoms with Crippen molar-refractivity contribution in [3.8, 4) is 0 Å². The van der Waals surface area contributed by atoms with Gasteiger partial charge >= 0.3 is 0 Å². The van der Waals surface area contributed by atoms with E-state index in [1.807, 2.05) is 73.7 Å². The lowest BCUT2D eigenvalue weighted by atomic mass is 10.0. The van der Waals surface area contributed by atoms with Gasteiger partial charge < -0.3 is 10.4 Å². The predicted octanol–water partition coefficient (Wildman–Crippen LogP) is 4.60. The summed E-state index contributed by atoms with van der Waals surface area (Å²) in [4.78, 5) is 12.2. The third kappa shape index (κ3) is 3.81. The van der Waals surface area contributed by atoms with Crippen LogP contribution in [0.2, 0.25) is 0 Å². The van der Waals surface area contributed by atoms with Crippen molar-refractivity contribution >= 4 is 22.4 Å². The number of carbonyl (C=O) groups excluding carboxylic acids is 1. The number of carbonyl (C=O) groups is 1. The minimum atomic E-state index is -0.621. The highest BCUT2D eigenvalue weighted by atomic mass is 16.3. The molecule has 0 aliphatic carbocycles. The van der Waals surface area contributed by atoms with E-state index in [1.54, 1.807) is 0 Å². The number of rotatable bonds is 5. The summed E-state index contributed by atoms with van der Waals surface area (Å²) in [5, 5.41) is 15.3. The zero-order valence-electron chi connectivity index (χ0n) is 13.7. The molecule has 0 bridgehead atoms. The van der Waals surface area contributed by atoms with E-state index >= 15 is 0 Å². The molecule has 0 aromatic heterocycles. The van der Waals surface area contributed by atoms with E-state index in [0.717, 1.165) is 27.6 Å². The van der Waals surface area contributed by atoms with Crippen molar-refractivity contribution in [1.82, 2.24) is 0 Å². The van der Waals surface area contributed by atoms with Crippen molar-refractivity contribution in [3.63, 3.8) is 0 Å². The molecule has 0 saturated heterocycles. The molecule has 0 fully saturated rings. The summed E-state index contributed by atoms with van der Waals surface area (Å²) in [6.45, 7) is 2.01. The van der Waals surface area contributed by atoms with Gasteiger partial charge in [-0.05, 0) is 30.4 Å². The highest BCUT2D eigenvalue weighted by molar-refractivity contribution is 6.02. The van der Waals surface area contributed by atoms with Gasteiger partial charge in [0.1, 0.15) is 0 Å². The molecule has 2 N–H and O–H groups in total. The zero-order chi connectivity index (χ0) is 16.9. The molecule has 0 radical (unpaired) electrons. The fourth-order valence-electron chi connectivity index (χ4n) is 2.77. The fourth-order valence-corrected chi connectivity index (χ4v) is 2.77. The lowest BCUT2D eigenvalue weighted by Gasteiger charge is -2.12. The van der Waals surface area contributed by atoms with Crippen LogP contribution in [0.25, 0.3) is 10.8 Å². The average molecular weight is 319 g/mol. The Morgan fingerprint density at radius 2 is 1.71 bits per heavy atom. The summed E-state index contributed by atoms with van der Waals surface area (Å²) < 4.78 is 0. The molecule has 1 atom stereocenters. The Labute approximate surface area is 142 Å². The molecule has 3 aromatic carbocycles. The van der Waals surface area contributed by atoms with Crippen LogP contribution in [0.3, 0.4) is 0 Å². The minimum absolute atomic E-state index is 0.0856. The molecule has 3 nitrogen and oxygen atoms in total. The maximum atomic E-state index is 12.2. The SMILES string of the molecule is Cc1ccc(C(O)CCC(=O)Nc2cccc3ccccc23)cc1. The normalized spacial score (nSPS) is 12.1. The number of aliphatic hydroxyl groups excluding tert-OH is 1. The van der Waals surface area contributed by atoms with E-state index in [2.05, 4.69) is 5.32 Å². The molecule has 3 heteroatoms. The van der Waals surface area contributed by atoms with Crippen molar-refractivity contribution in [2.24, 2.45) is 0 Å². The highest BCUT2D eigenvalue weighted by Gasteiger charge is 2.11. The van der Waals surface area contributed by atoms with Crippen LogP contribution in [0.15, 0.2) is 66.7 Å². The smallest absolute Gasteiger partial charge is 0.224 e. The first-order chi connectivity index (χ1) is 11.6. The highest BCUT2D eigenvalue weighted by Crippen LogP contribution is 2.24. The predicted molar refractivity (Wildman–Crippen MR) is 98.0 cm³/mol. The number of fused-ring (bicyclic) bond motifs is 1. The van der Waals surface area contributed by atoms with E-state index in [9.17, 15) is 9.90 Å². The van der Waals surface area contributed by atoms with Crippen LogP contribution in [0, 0.1) is 6.92 Å². The Bertz CT molecular complexity index is 835. The van der Waals surface area contributed by atoms with E-state index < -0.39 is 6.10 Å². The van der Waals surface area contributed by atoms with Crippen LogP contribution >= 0.6 is 0 Å². The second-order valence-corrected chi connectivity index (χ2v) is 6.04. The van der Waals surface area contributed by atoms with Crippen LogP contribution in [0.1, 0.15) is 30.1 Å². The number of aliphatic hydroxyl groups is 1. The number of aryl methyl sites for hydroxylation is 1. The molecule has 0 aliphatic rings. The lowest BCUT2D eigenvalue weighted by Crippen LogP contribution is -2.13. The molecule has 24 heavy (non-hydrogen) atoms. The number of amides is 1. The summed E-state index contributed by atoms with van der Waals surface area (Å²) in [7, 11) is 0. The molecule has 3 aromatic rings. The van der Waals surface area contributed by atoms with Crippen LogP contribution in [-0.4, -0.2) is 11.0 Å². The van der Waals surface area contributed by atoms with Gasteiger partial charge in [0.05, 0.1) is 6.10 Å². The van der Waals surface area contributed by atoms with E-state index in [4.69, 9.17) is 0 Å². The molecule has 122 valence electrons. The average Bonchev–Trinajstić information content (AvgIpc) is 2.61. The summed E-state index contributed by atoms with van der Waals surface area (Å²) >= 11 is 0. The largest absolute Gasteiger partial charge is 0.388 e. The molecule has 3 rings (SSSR count). The molecule has 1 unspecified atom stereocenters. The van der Waals surface area contributed by atoms with Crippen molar-refractivity contribution in [1.29, 1.82) is 0 Å². The van der Waals surface area contributed by atoms with E-state index in [1.165, 1.54) is 0 Å². The minimum Gasteiger partial charge on any atom is -0.388 e. The van der Waals surface area contributed by atoms with Gasteiger partial charge in [-0.2, -0.15) is 0 Å². The second-order valence-electron chi connectivity index (χ2n) is 6.04.